The van der Waals surface area contributed by atoms with Gasteiger partial charge in [0.25, 0.3) is 0 Å². The van der Waals surface area contributed by atoms with Crippen molar-refractivity contribution in [2.45, 2.75) is 6.92 Å². The van der Waals surface area contributed by atoms with Gasteiger partial charge in [-0.05, 0) is 31.2 Å². The second-order valence-electron chi connectivity index (χ2n) is 7.58. The van der Waals surface area contributed by atoms with E-state index in [1.807, 2.05) is 29.2 Å². The Kier molecular flexibility index (Phi) is 3.80. The standard InChI is InChI=1S/C19H24N4O2/c1-19-11-22(2)9-13(19)10-23(12-19)18(24)21-16-6-4-5-15-14(16)7-8-20-17(15)25-3/h4-8,13H,9-12H2,1-3H3,(H,21,24)/t13-,19+/m0/s1. The van der Waals surface area contributed by atoms with E-state index in [1.165, 1.54) is 0 Å². The van der Waals surface area contributed by atoms with E-state index in [0.717, 1.165) is 42.6 Å². The lowest BCUT2D eigenvalue weighted by Crippen LogP contribution is -2.37. The molecule has 2 saturated heterocycles. The number of amides is 2. The monoisotopic (exact) mass is 340 g/mol. The van der Waals surface area contributed by atoms with E-state index in [0.29, 0.717) is 11.8 Å². The van der Waals surface area contributed by atoms with E-state index in [4.69, 9.17) is 4.74 Å². The summed E-state index contributed by atoms with van der Waals surface area (Å²) in [4.78, 5) is 21.4. The van der Waals surface area contributed by atoms with E-state index < -0.39 is 0 Å². The fourth-order valence-electron chi connectivity index (χ4n) is 4.43. The van der Waals surface area contributed by atoms with Gasteiger partial charge in [0.05, 0.1) is 12.8 Å². The third-order valence-corrected chi connectivity index (χ3v) is 5.63. The van der Waals surface area contributed by atoms with Gasteiger partial charge in [0, 0.05) is 48.6 Å². The summed E-state index contributed by atoms with van der Waals surface area (Å²) in [5.74, 6) is 1.12. The van der Waals surface area contributed by atoms with Crippen molar-refractivity contribution in [3.8, 4) is 5.88 Å². The molecule has 2 aliphatic heterocycles. The maximum absolute atomic E-state index is 12.8. The number of carbonyl (C=O) groups excluding carboxylic acids is 1. The minimum Gasteiger partial charge on any atom is -0.481 e. The van der Waals surface area contributed by atoms with E-state index in [9.17, 15) is 4.79 Å². The summed E-state index contributed by atoms with van der Waals surface area (Å²) in [5, 5.41) is 4.92. The molecule has 0 radical (unpaired) electrons. The maximum atomic E-state index is 12.8. The normalized spacial score (nSPS) is 26.0. The van der Waals surface area contributed by atoms with Gasteiger partial charge in [0.2, 0.25) is 5.88 Å². The highest BCUT2D eigenvalue weighted by Crippen LogP contribution is 2.41. The Bertz CT molecular complexity index is 824. The Morgan fingerprint density at radius 1 is 1.28 bits per heavy atom. The largest absolute Gasteiger partial charge is 0.481 e. The molecule has 2 amide bonds. The number of pyridine rings is 1. The molecule has 3 heterocycles. The summed E-state index contributed by atoms with van der Waals surface area (Å²) >= 11 is 0. The molecule has 132 valence electrons. The van der Waals surface area contributed by atoms with Crippen LogP contribution in [0.2, 0.25) is 0 Å². The molecule has 2 atom stereocenters. The Morgan fingerprint density at radius 3 is 2.88 bits per heavy atom. The molecule has 2 aliphatic rings. The number of carbonyl (C=O) groups is 1. The van der Waals surface area contributed by atoms with Crippen LogP contribution in [0.1, 0.15) is 6.92 Å². The fourth-order valence-corrected chi connectivity index (χ4v) is 4.43. The average molecular weight is 340 g/mol. The summed E-state index contributed by atoms with van der Waals surface area (Å²) in [5.41, 5.74) is 1.00. The number of hydrogen-bond donors (Lipinski definition) is 1. The van der Waals surface area contributed by atoms with Crippen molar-refractivity contribution in [2.24, 2.45) is 11.3 Å². The zero-order valence-electron chi connectivity index (χ0n) is 15.0. The highest BCUT2D eigenvalue weighted by atomic mass is 16.5. The first-order valence-electron chi connectivity index (χ1n) is 8.66. The number of methoxy groups -OCH3 is 1. The number of aromatic nitrogens is 1. The van der Waals surface area contributed by atoms with Crippen LogP contribution >= 0.6 is 0 Å². The number of fused-ring (bicyclic) bond motifs is 2. The van der Waals surface area contributed by atoms with Crippen LogP contribution in [0.3, 0.4) is 0 Å². The topological polar surface area (TPSA) is 57.7 Å². The zero-order valence-corrected chi connectivity index (χ0v) is 15.0. The van der Waals surface area contributed by atoms with Crippen LogP contribution < -0.4 is 10.1 Å². The molecule has 4 rings (SSSR count). The van der Waals surface area contributed by atoms with Crippen molar-refractivity contribution in [1.82, 2.24) is 14.8 Å². The molecule has 1 N–H and O–H groups in total. The molecule has 0 bridgehead atoms. The van der Waals surface area contributed by atoms with Gasteiger partial charge in [0.15, 0.2) is 0 Å². The number of ether oxygens (including phenoxy) is 1. The lowest BCUT2D eigenvalue weighted by Gasteiger charge is -2.24. The molecule has 6 heteroatoms. The molecule has 0 aliphatic carbocycles. The molecular weight excluding hydrogens is 316 g/mol. The highest BCUT2D eigenvalue weighted by Gasteiger charge is 2.49. The lowest BCUT2D eigenvalue weighted by atomic mass is 9.83. The Morgan fingerprint density at radius 2 is 2.12 bits per heavy atom. The molecule has 0 spiro atoms. The van der Waals surface area contributed by atoms with Gasteiger partial charge in [-0.15, -0.1) is 0 Å². The second-order valence-corrected chi connectivity index (χ2v) is 7.58. The predicted octanol–water partition coefficient (Wildman–Crippen LogP) is 2.66. The summed E-state index contributed by atoms with van der Waals surface area (Å²) < 4.78 is 5.32. The van der Waals surface area contributed by atoms with Crippen molar-refractivity contribution in [3.63, 3.8) is 0 Å². The Balaban J connectivity index is 1.55. The number of benzene rings is 1. The van der Waals surface area contributed by atoms with Crippen LogP contribution in [0.5, 0.6) is 5.88 Å². The summed E-state index contributed by atoms with van der Waals surface area (Å²) in [7, 11) is 3.76. The number of likely N-dealkylation sites (tertiary alicyclic amines) is 2. The van der Waals surface area contributed by atoms with Gasteiger partial charge in [-0.25, -0.2) is 9.78 Å². The maximum Gasteiger partial charge on any atom is 0.321 e. The molecule has 6 nitrogen and oxygen atoms in total. The van der Waals surface area contributed by atoms with Gasteiger partial charge in [0.1, 0.15) is 0 Å². The summed E-state index contributed by atoms with van der Waals surface area (Å²) in [6, 6.07) is 7.67. The van der Waals surface area contributed by atoms with Gasteiger partial charge in [-0.3, -0.25) is 0 Å². The minimum atomic E-state index is -0.0263. The zero-order chi connectivity index (χ0) is 17.6. The van der Waals surface area contributed by atoms with Crippen molar-refractivity contribution in [1.29, 1.82) is 0 Å². The molecule has 2 aromatic rings. The summed E-state index contributed by atoms with van der Waals surface area (Å²) in [6.07, 6.45) is 1.70. The number of urea groups is 1. The van der Waals surface area contributed by atoms with E-state index >= 15 is 0 Å². The van der Waals surface area contributed by atoms with Crippen molar-refractivity contribution < 1.29 is 9.53 Å². The Hall–Kier alpha value is -2.34. The lowest BCUT2D eigenvalue weighted by molar-refractivity contribution is 0.209. The van der Waals surface area contributed by atoms with Crippen LogP contribution in [0.15, 0.2) is 30.5 Å². The number of nitrogens with one attached hydrogen (secondary N) is 1. The third-order valence-electron chi connectivity index (χ3n) is 5.63. The molecule has 0 unspecified atom stereocenters. The number of rotatable bonds is 2. The molecule has 1 aromatic heterocycles. The number of nitrogens with zero attached hydrogens (tertiary/aromatic N) is 3. The third kappa shape index (κ3) is 2.70. The van der Waals surface area contributed by atoms with Crippen LogP contribution in [0.25, 0.3) is 10.8 Å². The summed E-state index contributed by atoms with van der Waals surface area (Å²) in [6.45, 7) is 6.05. The van der Waals surface area contributed by atoms with Crippen molar-refractivity contribution >= 4 is 22.5 Å². The molecule has 25 heavy (non-hydrogen) atoms. The van der Waals surface area contributed by atoms with Crippen molar-refractivity contribution in [2.75, 3.05) is 45.7 Å². The first-order valence-corrected chi connectivity index (χ1v) is 8.66. The van der Waals surface area contributed by atoms with Gasteiger partial charge >= 0.3 is 6.03 Å². The van der Waals surface area contributed by atoms with Crippen LogP contribution in [0.4, 0.5) is 10.5 Å². The van der Waals surface area contributed by atoms with E-state index in [1.54, 1.807) is 13.3 Å². The number of anilines is 1. The van der Waals surface area contributed by atoms with E-state index in [2.05, 4.69) is 29.2 Å². The SMILES string of the molecule is COc1nccc2c(NC(=O)N3C[C@@H]4CN(C)C[C@]4(C)C3)cccc12. The van der Waals surface area contributed by atoms with Crippen LogP contribution in [-0.4, -0.2) is 61.2 Å². The van der Waals surface area contributed by atoms with E-state index in [-0.39, 0.29) is 11.4 Å². The van der Waals surface area contributed by atoms with Gasteiger partial charge in [-0.1, -0.05) is 13.0 Å². The van der Waals surface area contributed by atoms with Crippen LogP contribution in [0, 0.1) is 11.3 Å². The van der Waals surface area contributed by atoms with Crippen LogP contribution in [-0.2, 0) is 0 Å². The molecule has 0 saturated carbocycles. The average Bonchev–Trinajstić information content (AvgIpc) is 3.04. The first-order chi connectivity index (χ1) is 12.0. The molecule has 1 aromatic carbocycles. The predicted molar refractivity (Wildman–Crippen MR) is 98.0 cm³/mol. The van der Waals surface area contributed by atoms with Gasteiger partial charge < -0.3 is 19.9 Å². The quantitative estimate of drug-likeness (QED) is 0.913. The second kappa shape index (κ2) is 5.88. The first kappa shape index (κ1) is 16.1. The smallest absolute Gasteiger partial charge is 0.321 e. The fraction of sp³-hybridized carbons (Fsp3) is 0.474. The minimum absolute atomic E-state index is 0.0263. The highest BCUT2D eigenvalue weighted by molar-refractivity contribution is 6.03. The van der Waals surface area contributed by atoms with Crippen molar-refractivity contribution in [3.05, 3.63) is 30.5 Å². The van der Waals surface area contributed by atoms with Gasteiger partial charge in [-0.2, -0.15) is 0 Å². The molecular formula is C19H24N4O2. The molecule has 2 fully saturated rings. The number of hydrogen-bond acceptors (Lipinski definition) is 4. The Labute approximate surface area is 147 Å².